The molecule has 172 valence electrons. The van der Waals surface area contributed by atoms with Crippen LogP contribution in [-0.2, 0) is 9.53 Å². The maximum Gasteiger partial charge on any atom is 0.323 e. The Balaban J connectivity index is 1.50. The van der Waals surface area contributed by atoms with Gasteiger partial charge in [0, 0.05) is 30.2 Å². The standard InChI is InChI=1S/C27H31N3O3/c1-17(13-20-9-6-5-7-10-20)15-30-16-21(14-24(30)27(32)33-4)29-26(31)23-12-8-11-22-18(2)19(3)28-25(22)23/h5-13,21,24,28H,14-16H2,1-4H3,(H,29,31)/b17-13+/t21-,24+/m1/s1. The van der Waals surface area contributed by atoms with Crippen molar-refractivity contribution >= 4 is 28.9 Å². The van der Waals surface area contributed by atoms with Crippen LogP contribution in [0.5, 0.6) is 0 Å². The van der Waals surface area contributed by atoms with Gasteiger partial charge < -0.3 is 15.0 Å². The number of aromatic nitrogens is 1. The number of hydrogen-bond donors (Lipinski definition) is 2. The van der Waals surface area contributed by atoms with E-state index in [0.29, 0.717) is 25.1 Å². The predicted octanol–water partition coefficient (Wildman–Crippen LogP) is 4.23. The highest BCUT2D eigenvalue weighted by molar-refractivity contribution is 6.06. The van der Waals surface area contributed by atoms with Crippen LogP contribution in [-0.4, -0.2) is 54.0 Å². The molecule has 0 spiro atoms. The Labute approximate surface area is 194 Å². The lowest BCUT2D eigenvalue weighted by Gasteiger charge is -2.22. The van der Waals surface area contributed by atoms with Gasteiger partial charge in [-0.05, 0) is 44.4 Å². The number of nitrogens with one attached hydrogen (secondary N) is 2. The number of benzene rings is 2. The molecular weight excluding hydrogens is 414 g/mol. The fourth-order valence-corrected chi connectivity index (χ4v) is 4.70. The highest BCUT2D eigenvalue weighted by atomic mass is 16.5. The molecule has 0 radical (unpaired) electrons. The largest absolute Gasteiger partial charge is 0.468 e. The average molecular weight is 446 g/mol. The minimum absolute atomic E-state index is 0.131. The number of amides is 1. The van der Waals surface area contributed by atoms with Crippen molar-refractivity contribution in [3.63, 3.8) is 0 Å². The predicted molar refractivity (Wildman–Crippen MR) is 131 cm³/mol. The minimum atomic E-state index is -0.384. The van der Waals surface area contributed by atoms with Crippen LogP contribution in [0.3, 0.4) is 0 Å². The first kappa shape index (κ1) is 22.8. The Morgan fingerprint density at radius 2 is 1.91 bits per heavy atom. The zero-order valence-electron chi connectivity index (χ0n) is 19.6. The Bertz CT molecular complexity index is 1200. The summed E-state index contributed by atoms with van der Waals surface area (Å²) in [7, 11) is 1.41. The summed E-state index contributed by atoms with van der Waals surface area (Å²) in [6.07, 6.45) is 2.65. The Hall–Kier alpha value is -3.38. The molecule has 1 aliphatic heterocycles. The number of para-hydroxylation sites is 1. The number of aryl methyl sites for hydroxylation is 2. The third-order valence-corrected chi connectivity index (χ3v) is 6.47. The topological polar surface area (TPSA) is 74.4 Å². The number of H-pyrrole nitrogens is 1. The van der Waals surface area contributed by atoms with E-state index in [1.54, 1.807) is 0 Å². The smallest absolute Gasteiger partial charge is 0.323 e. The van der Waals surface area contributed by atoms with E-state index in [1.807, 2.05) is 43.3 Å². The Morgan fingerprint density at radius 3 is 2.64 bits per heavy atom. The molecule has 33 heavy (non-hydrogen) atoms. The number of ether oxygens (including phenoxy) is 1. The van der Waals surface area contributed by atoms with Crippen molar-refractivity contribution in [1.82, 2.24) is 15.2 Å². The summed E-state index contributed by atoms with van der Waals surface area (Å²) < 4.78 is 5.06. The molecule has 2 heterocycles. The van der Waals surface area contributed by atoms with Gasteiger partial charge in [0.1, 0.15) is 6.04 Å². The van der Waals surface area contributed by atoms with E-state index in [4.69, 9.17) is 4.74 Å². The number of fused-ring (bicyclic) bond motifs is 1. The van der Waals surface area contributed by atoms with Gasteiger partial charge in [-0.2, -0.15) is 0 Å². The normalized spacial score (nSPS) is 19.1. The molecule has 1 fully saturated rings. The molecule has 6 nitrogen and oxygen atoms in total. The Kier molecular flexibility index (Phi) is 6.65. The molecule has 2 atom stereocenters. The molecule has 3 aromatic rings. The average Bonchev–Trinajstić information content (AvgIpc) is 3.33. The summed E-state index contributed by atoms with van der Waals surface area (Å²) >= 11 is 0. The number of likely N-dealkylation sites (tertiary alicyclic amines) is 1. The summed E-state index contributed by atoms with van der Waals surface area (Å²) in [5.41, 5.74) is 5.95. The molecule has 1 amide bonds. The number of carbonyl (C=O) groups is 2. The highest BCUT2D eigenvalue weighted by Gasteiger charge is 2.38. The minimum Gasteiger partial charge on any atom is -0.468 e. The van der Waals surface area contributed by atoms with Gasteiger partial charge in [-0.15, -0.1) is 0 Å². The molecule has 2 N–H and O–H groups in total. The molecule has 0 unspecified atom stereocenters. The second kappa shape index (κ2) is 9.63. The van der Waals surface area contributed by atoms with Crippen molar-refractivity contribution in [1.29, 1.82) is 0 Å². The summed E-state index contributed by atoms with van der Waals surface area (Å²) in [6, 6.07) is 15.4. The fourth-order valence-electron chi connectivity index (χ4n) is 4.70. The maximum atomic E-state index is 13.2. The van der Waals surface area contributed by atoms with Gasteiger partial charge in [0.15, 0.2) is 0 Å². The van der Waals surface area contributed by atoms with Crippen LogP contribution >= 0.6 is 0 Å². The lowest BCUT2D eigenvalue weighted by molar-refractivity contribution is -0.145. The van der Waals surface area contributed by atoms with E-state index in [0.717, 1.165) is 33.3 Å². The summed E-state index contributed by atoms with van der Waals surface area (Å²) in [5.74, 6) is -0.397. The molecule has 1 saturated heterocycles. The number of carbonyl (C=O) groups excluding carboxylic acids is 2. The van der Waals surface area contributed by atoms with Gasteiger partial charge >= 0.3 is 5.97 Å². The summed E-state index contributed by atoms with van der Waals surface area (Å²) in [6.45, 7) is 7.34. The van der Waals surface area contributed by atoms with Gasteiger partial charge in [-0.3, -0.25) is 14.5 Å². The lowest BCUT2D eigenvalue weighted by atomic mass is 10.1. The highest BCUT2D eigenvalue weighted by Crippen LogP contribution is 2.26. The van der Waals surface area contributed by atoms with Crippen LogP contribution in [0, 0.1) is 13.8 Å². The fraction of sp³-hybridized carbons (Fsp3) is 0.333. The molecule has 1 aromatic heterocycles. The third kappa shape index (κ3) is 4.86. The molecule has 1 aliphatic rings. The first-order chi connectivity index (χ1) is 15.9. The van der Waals surface area contributed by atoms with Gasteiger partial charge in [0.25, 0.3) is 5.91 Å². The molecular formula is C27H31N3O3. The third-order valence-electron chi connectivity index (χ3n) is 6.47. The van der Waals surface area contributed by atoms with E-state index >= 15 is 0 Å². The summed E-state index contributed by atoms with van der Waals surface area (Å²) in [4.78, 5) is 31.1. The van der Waals surface area contributed by atoms with Crippen molar-refractivity contribution in [2.24, 2.45) is 0 Å². The first-order valence-corrected chi connectivity index (χ1v) is 11.3. The number of rotatable bonds is 6. The maximum absolute atomic E-state index is 13.2. The number of nitrogens with zero attached hydrogens (tertiary/aromatic N) is 1. The molecule has 0 saturated carbocycles. The molecule has 6 heteroatoms. The number of esters is 1. The number of methoxy groups -OCH3 is 1. The first-order valence-electron chi connectivity index (χ1n) is 11.3. The van der Waals surface area contributed by atoms with Crippen LogP contribution in [0.2, 0.25) is 0 Å². The van der Waals surface area contributed by atoms with Crippen LogP contribution in [0.1, 0.15) is 40.5 Å². The van der Waals surface area contributed by atoms with Crippen LogP contribution in [0.15, 0.2) is 54.1 Å². The van der Waals surface area contributed by atoms with Crippen molar-refractivity contribution < 1.29 is 14.3 Å². The molecule has 0 aliphatic carbocycles. The number of hydrogen-bond acceptors (Lipinski definition) is 4. The second-order valence-corrected chi connectivity index (χ2v) is 8.88. The number of aromatic amines is 1. The van der Waals surface area contributed by atoms with E-state index in [1.165, 1.54) is 7.11 Å². The van der Waals surface area contributed by atoms with Crippen LogP contribution < -0.4 is 5.32 Å². The van der Waals surface area contributed by atoms with E-state index in [2.05, 4.69) is 47.3 Å². The quantitative estimate of drug-likeness (QED) is 0.557. The van der Waals surface area contributed by atoms with E-state index in [9.17, 15) is 9.59 Å². The van der Waals surface area contributed by atoms with E-state index < -0.39 is 0 Å². The zero-order valence-corrected chi connectivity index (χ0v) is 19.6. The lowest BCUT2D eigenvalue weighted by Crippen LogP contribution is -2.39. The monoisotopic (exact) mass is 445 g/mol. The molecule has 0 bridgehead atoms. The van der Waals surface area contributed by atoms with Crippen molar-refractivity contribution in [2.75, 3.05) is 20.2 Å². The van der Waals surface area contributed by atoms with Crippen LogP contribution in [0.4, 0.5) is 0 Å². The zero-order chi connectivity index (χ0) is 23.5. The van der Waals surface area contributed by atoms with Crippen LogP contribution in [0.25, 0.3) is 17.0 Å². The van der Waals surface area contributed by atoms with Crippen molar-refractivity contribution in [3.05, 3.63) is 76.5 Å². The van der Waals surface area contributed by atoms with E-state index in [-0.39, 0.29) is 24.0 Å². The van der Waals surface area contributed by atoms with Crippen molar-refractivity contribution in [3.8, 4) is 0 Å². The summed E-state index contributed by atoms with van der Waals surface area (Å²) in [5, 5.41) is 4.21. The SMILES string of the molecule is COC(=O)[C@@H]1C[C@@H](NC(=O)c2cccc3c(C)c(C)[nH]c23)CN1C/C(C)=C/c1ccccc1. The van der Waals surface area contributed by atoms with Gasteiger partial charge in [-0.1, -0.05) is 54.1 Å². The van der Waals surface area contributed by atoms with Gasteiger partial charge in [-0.25, -0.2) is 0 Å². The van der Waals surface area contributed by atoms with Gasteiger partial charge in [0.2, 0.25) is 0 Å². The van der Waals surface area contributed by atoms with Crippen molar-refractivity contribution in [2.45, 2.75) is 39.3 Å². The molecule has 2 aromatic carbocycles. The second-order valence-electron chi connectivity index (χ2n) is 8.88. The van der Waals surface area contributed by atoms with Gasteiger partial charge in [0.05, 0.1) is 18.2 Å². The Morgan fingerprint density at radius 1 is 1.15 bits per heavy atom. The molecule has 4 rings (SSSR count).